The molecule has 0 bridgehead atoms. The molecule has 9 heavy (non-hydrogen) atoms. The molecular weight excluding hydrogens is 110 g/mol. The topological polar surface area (TPSA) is 3.01 Å². The van der Waals surface area contributed by atoms with Crippen LogP contribution in [0.4, 0.5) is 0 Å². The number of rotatable bonds is 2. The van der Waals surface area contributed by atoms with Gasteiger partial charge in [-0.05, 0) is 20.3 Å². The third kappa shape index (κ3) is 1.47. The summed E-state index contributed by atoms with van der Waals surface area (Å²) in [4.78, 5) is 2.43. The average molecular weight is 125 g/mol. The minimum Gasteiger partial charge on any atom is -0.368 e. The van der Waals surface area contributed by atoms with Crippen molar-refractivity contribution in [2.24, 2.45) is 0 Å². The van der Waals surface area contributed by atoms with Gasteiger partial charge in [0.1, 0.15) is 0 Å². The van der Waals surface area contributed by atoms with E-state index in [9.17, 15) is 0 Å². The fourth-order valence-electron chi connectivity index (χ4n) is 1.10. The zero-order chi connectivity index (χ0) is 6.85. The highest BCUT2D eigenvalue weighted by Gasteiger charge is 2.23. The molecule has 1 aliphatic rings. The van der Waals surface area contributed by atoms with Crippen LogP contribution in [0.3, 0.4) is 0 Å². The molecule has 0 aromatic rings. The molecule has 0 N–H and O–H groups in total. The van der Waals surface area contributed by atoms with E-state index in [-0.39, 0.29) is 0 Å². The van der Waals surface area contributed by atoms with Gasteiger partial charge in [0.25, 0.3) is 0 Å². The van der Waals surface area contributed by atoms with Gasteiger partial charge in [-0.1, -0.05) is 12.5 Å². The van der Waals surface area contributed by atoms with Crippen LogP contribution in [-0.4, -0.2) is 18.0 Å². The molecule has 52 valence electrons. The summed E-state index contributed by atoms with van der Waals surface area (Å²) >= 11 is 0. The first kappa shape index (κ1) is 6.66. The highest BCUT2D eigenvalue weighted by Crippen LogP contribution is 2.25. The van der Waals surface area contributed by atoms with Gasteiger partial charge in [-0.15, -0.1) is 0 Å². The van der Waals surface area contributed by atoms with E-state index < -0.39 is 0 Å². The van der Waals surface area contributed by atoms with Crippen molar-refractivity contribution in [1.82, 2.24) is 4.90 Å². The molecule has 0 aromatic heterocycles. The SMILES string of the molecule is CCCN1CC1=C(C)C. The zero-order valence-electron chi connectivity index (χ0n) is 6.57. The minimum absolute atomic E-state index is 1.23. The number of allylic oxidation sites excluding steroid dienone is 1. The molecule has 0 spiro atoms. The fraction of sp³-hybridized carbons (Fsp3) is 0.750. The summed E-state index contributed by atoms with van der Waals surface area (Å²) in [6, 6.07) is 0. The van der Waals surface area contributed by atoms with Gasteiger partial charge in [0, 0.05) is 12.2 Å². The third-order valence-corrected chi connectivity index (χ3v) is 1.69. The molecule has 1 heterocycles. The lowest BCUT2D eigenvalue weighted by Gasteiger charge is -1.95. The molecule has 1 fully saturated rings. The Kier molecular flexibility index (Phi) is 1.79. The van der Waals surface area contributed by atoms with E-state index in [1.165, 1.54) is 25.1 Å². The lowest BCUT2D eigenvalue weighted by Crippen LogP contribution is -1.95. The molecule has 1 saturated heterocycles. The molecule has 1 aliphatic heterocycles. The molecule has 1 nitrogen and oxygen atoms in total. The van der Waals surface area contributed by atoms with Crippen molar-refractivity contribution in [2.75, 3.05) is 13.1 Å². The van der Waals surface area contributed by atoms with Crippen molar-refractivity contribution >= 4 is 0 Å². The van der Waals surface area contributed by atoms with Crippen LogP contribution < -0.4 is 0 Å². The van der Waals surface area contributed by atoms with E-state index in [2.05, 4.69) is 25.7 Å². The minimum atomic E-state index is 1.23. The molecule has 0 saturated carbocycles. The Bertz CT molecular complexity index is 132. The largest absolute Gasteiger partial charge is 0.368 e. The van der Waals surface area contributed by atoms with E-state index in [1.54, 1.807) is 5.70 Å². The molecule has 0 aromatic carbocycles. The Morgan fingerprint density at radius 2 is 2.22 bits per heavy atom. The summed E-state index contributed by atoms with van der Waals surface area (Å²) in [5.41, 5.74) is 3.06. The van der Waals surface area contributed by atoms with Crippen molar-refractivity contribution < 1.29 is 0 Å². The molecule has 0 aliphatic carbocycles. The lowest BCUT2D eigenvalue weighted by molar-refractivity contribution is 0.572. The molecule has 0 atom stereocenters. The van der Waals surface area contributed by atoms with Gasteiger partial charge < -0.3 is 4.90 Å². The number of hydrogen-bond acceptors (Lipinski definition) is 1. The van der Waals surface area contributed by atoms with Gasteiger partial charge in [-0.2, -0.15) is 0 Å². The van der Waals surface area contributed by atoms with Crippen molar-refractivity contribution in [3.8, 4) is 0 Å². The van der Waals surface area contributed by atoms with Gasteiger partial charge in [0.15, 0.2) is 0 Å². The highest BCUT2D eigenvalue weighted by atomic mass is 15.3. The maximum atomic E-state index is 2.43. The van der Waals surface area contributed by atoms with Crippen LogP contribution in [0.5, 0.6) is 0 Å². The normalized spacial score (nSPS) is 16.3. The first-order valence-electron chi connectivity index (χ1n) is 3.67. The average Bonchev–Trinajstić information content (AvgIpc) is 2.47. The van der Waals surface area contributed by atoms with E-state index in [4.69, 9.17) is 0 Å². The van der Waals surface area contributed by atoms with Gasteiger partial charge in [-0.3, -0.25) is 0 Å². The Hall–Kier alpha value is -0.460. The second-order valence-corrected chi connectivity index (χ2v) is 2.87. The van der Waals surface area contributed by atoms with Gasteiger partial charge in [0.05, 0.1) is 6.54 Å². The van der Waals surface area contributed by atoms with Gasteiger partial charge >= 0.3 is 0 Å². The van der Waals surface area contributed by atoms with Crippen molar-refractivity contribution in [3.05, 3.63) is 11.3 Å². The molecule has 1 rings (SSSR count). The maximum Gasteiger partial charge on any atom is 0.0575 e. The first-order chi connectivity index (χ1) is 4.25. The quantitative estimate of drug-likeness (QED) is 0.510. The van der Waals surface area contributed by atoms with Crippen molar-refractivity contribution in [1.29, 1.82) is 0 Å². The van der Waals surface area contributed by atoms with E-state index in [1.807, 2.05) is 0 Å². The van der Waals surface area contributed by atoms with Crippen LogP contribution in [0.25, 0.3) is 0 Å². The second-order valence-electron chi connectivity index (χ2n) is 2.87. The third-order valence-electron chi connectivity index (χ3n) is 1.69. The van der Waals surface area contributed by atoms with E-state index in [0.29, 0.717) is 0 Å². The van der Waals surface area contributed by atoms with Gasteiger partial charge in [0.2, 0.25) is 0 Å². The van der Waals surface area contributed by atoms with Crippen LogP contribution in [0.2, 0.25) is 0 Å². The summed E-state index contributed by atoms with van der Waals surface area (Å²) in [7, 11) is 0. The summed E-state index contributed by atoms with van der Waals surface area (Å²) in [5, 5.41) is 0. The van der Waals surface area contributed by atoms with Crippen LogP contribution in [-0.2, 0) is 0 Å². The Labute approximate surface area is 57.4 Å². The first-order valence-corrected chi connectivity index (χ1v) is 3.67. The predicted molar refractivity (Wildman–Crippen MR) is 40.2 cm³/mol. The van der Waals surface area contributed by atoms with Crippen LogP contribution in [0, 0.1) is 0 Å². The smallest absolute Gasteiger partial charge is 0.0575 e. The van der Waals surface area contributed by atoms with Gasteiger partial charge in [-0.25, -0.2) is 0 Å². The van der Waals surface area contributed by atoms with Crippen LogP contribution in [0.15, 0.2) is 11.3 Å². The lowest BCUT2D eigenvalue weighted by atomic mass is 10.3. The van der Waals surface area contributed by atoms with Crippen LogP contribution in [0.1, 0.15) is 27.2 Å². The van der Waals surface area contributed by atoms with Crippen LogP contribution >= 0.6 is 0 Å². The standard InChI is InChI=1S/C8H15N/c1-4-5-9-6-8(9)7(2)3/h4-6H2,1-3H3. The summed E-state index contributed by atoms with van der Waals surface area (Å²) in [6.45, 7) is 9.08. The Balaban J connectivity index is 2.32. The van der Waals surface area contributed by atoms with Crippen molar-refractivity contribution in [3.63, 3.8) is 0 Å². The molecule has 0 amide bonds. The maximum absolute atomic E-state index is 2.43. The zero-order valence-corrected chi connectivity index (χ0v) is 6.57. The Morgan fingerprint density at radius 1 is 1.56 bits per heavy atom. The molecule has 0 unspecified atom stereocenters. The van der Waals surface area contributed by atoms with E-state index in [0.717, 1.165) is 0 Å². The highest BCUT2D eigenvalue weighted by molar-refractivity contribution is 5.23. The summed E-state index contributed by atoms with van der Waals surface area (Å²) in [5.74, 6) is 0. The Morgan fingerprint density at radius 3 is 2.56 bits per heavy atom. The predicted octanol–water partition coefficient (Wildman–Crippen LogP) is 2.01. The number of nitrogens with zero attached hydrogens (tertiary/aromatic N) is 1. The fourth-order valence-corrected chi connectivity index (χ4v) is 1.10. The van der Waals surface area contributed by atoms with E-state index >= 15 is 0 Å². The molecule has 1 heteroatoms. The number of hydrogen-bond donors (Lipinski definition) is 0. The molecular formula is C8H15N. The monoisotopic (exact) mass is 125 g/mol. The second kappa shape index (κ2) is 2.42. The summed E-state index contributed by atoms with van der Waals surface area (Å²) < 4.78 is 0. The van der Waals surface area contributed by atoms with Crippen molar-refractivity contribution in [2.45, 2.75) is 27.2 Å². The summed E-state index contributed by atoms with van der Waals surface area (Å²) in [6.07, 6.45) is 1.27. The molecule has 0 radical (unpaired) electrons.